The minimum absolute atomic E-state index is 0.182. The fraction of sp³-hybridized carbons (Fsp3) is 0.600. The van der Waals surface area contributed by atoms with E-state index < -0.39 is 0 Å². The molecule has 2 atom stereocenters. The number of nitrogens with zero attached hydrogens (tertiary/aromatic N) is 1. The predicted octanol–water partition coefficient (Wildman–Crippen LogP) is 1.20. The Kier molecular flexibility index (Phi) is 3.64. The first-order valence-electron chi connectivity index (χ1n) is 7.02. The van der Waals surface area contributed by atoms with E-state index in [1.54, 1.807) is 0 Å². The molecule has 2 aliphatic rings. The second kappa shape index (κ2) is 5.39. The second-order valence-corrected chi connectivity index (χ2v) is 5.51. The lowest BCUT2D eigenvalue weighted by Crippen LogP contribution is -2.46. The molecule has 2 aliphatic heterocycles. The lowest BCUT2D eigenvalue weighted by Gasteiger charge is -2.37. The molecule has 0 aliphatic carbocycles. The van der Waals surface area contributed by atoms with Gasteiger partial charge in [-0.05, 0) is 37.4 Å². The molecule has 1 aromatic carbocycles. The molecule has 2 heterocycles. The summed E-state index contributed by atoms with van der Waals surface area (Å²) >= 11 is 0. The van der Waals surface area contributed by atoms with Crippen LogP contribution in [0.2, 0.25) is 0 Å². The highest BCUT2D eigenvalue weighted by atomic mass is 16.3. The smallest absolute Gasteiger partial charge is 0.0831 e. The van der Waals surface area contributed by atoms with Gasteiger partial charge in [0.1, 0.15) is 0 Å². The molecule has 0 bridgehead atoms. The molecule has 98 valence electrons. The van der Waals surface area contributed by atoms with Gasteiger partial charge in [-0.2, -0.15) is 0 Å². The van der Waals surface area contributed by atoms with Crippen LogP contribution in [0, 0.1) is 0 Å². The molecule has 2 N–H and O–H groups in total. The number of likely N-dealkylation sites (tertiary alicyclic amines) is 1. The van der Waals surface area contributed by atoms with Crippen molar-refractivity contribution in [3.05, 3.63) is 35.9 Å². The summed E-state index contributed by atoms with van der Waals surface area (Å²) in [7, 11) is 0. The normalized spacial score (nSPS) is 30.7. The number of benzene rings is 1. The van der Waals surface area contributed by atoms with Crippen molar-refractivity contribution in [3.63, 3.8) is 0 Å². The van der Waals surface area contributed by atoms with Crippen LogP contribution in [0.4, 0.5) is 0 Å². The summed E-state index contributed by atoms with van der Waals surface area (Å²) in [5.74, 6) is 0.703. The van der Waals surface area contributed by atoms with Crippen molar-refractivity contribution in [2.75, 3.05) is 26.2 Å². The third-order valence-corrected chi connectivity index (χ3v) is 4.42. The topological polar surface area (TPSA) is 35.5 Å². The predicted molar refractivity (Wildman–Crippen MR) is 72.7 cm³/mol. The molecule has 0 saturated carbocycles. The Bertz CT molecular complexity index is 373. The van der Waals surface area contributed by atoms with Gasteiger partial charge in [0.15, 0.2) is 0 Å². The van der Waals surface area contributed by atoms with Crippen molar-refractivity contribution in [3.8, 4) is 0 Å². The van der Waals surface area contributed by atoms with Gasteiger partial charge in [-0.25, -0.2) is 0 Å². The minimum Gasteiger partial charge on any atom is -0.390 e. The van der Waals surface area contributed by atoms with Gasteiger partial charge in [-0.1, -0.05) is 30.3 Å². The van der Waals surface area contributed by atoms with Crippen LogP contribution in [0.25, 0.3) is 0 Å². The zero-order chi connectivity index (χ0) is 12.4. The minimum atomic E-state index is -0.182. The number of hydrogen-bond acceptors (Lipinski definition) is 3. The fourth-order valence-corrected chi connectivity index (χ4v) is 3.31. The summed E-state index contributed by atoms with van der Waals surface area (Å²) in [6, 6.07) is 11.2. The Morgan fingerprint density at radius 3 is 2.39 bits per heavy atom. The van der Waals surface area contributed by atoms with Crippen molar-refractivity contribution in [1.29, 1.82) is 0 Å². The van der Waals surface area contributed by atoms with Crippen LogP contribution in [0.15, 0.2) is 30.3 Å². The van der Waals surface area contributed by atoms with Gasteiger partial charge < -0.3 is 10.4 Å². The van der Waals surface area contributed by atoms with Crippen LogP contribution in [0.3, 0.4) is 0 Å². The molecule has 0 aromatic heterocycles. The molecule has 3 heteroatoms. The second-order valence-electron chi connectivity index (χ2n) is 5.51. The van der Waals surface area contributed by atoms with Gasteiger partial charge in [0.05, 0.1) is 6.10 Å². The number of piperidine rings is 1. The van der Waals surface area contributed by atoms with Gasteiger partial charge in [-0.3, -0.25) is 4.90 Å². The van der Waals surface area contributed by atoms with Crippen LogP contribution in [0.5, 0.6) is 0 Å². The van der Waals surface area contributed by atoms with Gasteiger partial charge in [0.2, 0.25) is 0 Å². The quantitative estimate of drug-likeness (QED) is 0.823. The van der Waals surface area contributed by atoms with Crippen LogP contribution in [-0.4, -0.2) is 48.3 Å². The number of rotatable bonds is 2. The van der Waals surface area contributed by atoms with Crippen molar-refractivity contribution in [1.82, 2.24) is 10.2 Å². The lowest BCUT2D eigenvalue weighted by atomic mass is 9.89. The molecular weight excluding hydrogens is 224 g/mol. The maximum atomic E-state index is 9.92. The van der Waals surface area contributed by atoms with E-state index in [1.807, 2.05) is 0 Å². The summed E-state index contributed by atoms with van der Waals surface area (Å²) in [6.07, 6.45) is 2.25. The summed E-state index contributed by atoms with van der Waals surface area (Å²) < 4.78 is 0. The first-order valence-corrected chi connectivity index (χ1v) is 7.02. The summed E-state index contributed by atoms with van der Waals surface area (Å²) in [4.78, 5) is 2.46. The van der Waals surface area contributed by atoms with Gasteiger partial charge in [0, 0.05) is 19.1 Å². The van der Waals surface area contributed by atoms with E-state index in [0.717, 1.165) is 26.2 Å². The Morgan fingerprint density at radius 2 is 1.78 bits per heavy atom. The van der Waals surface area contributed by atoms with Crippen LogP contribution < -0.4 is 5.32 Å². The third kappa shape index (κ3) is 2.44. The number of β-amino-alcohol motifs (C(OH)–C–C–N with tert-alkyl or cyclic N) is 1. The molecule has 2 fully saturated rings. The highest BCUT2D eigenvalue weighted by molar-refractivity contribution is 5.20. The third-order valence-electron chi connectivity index (χ3n) is 4.42. The molecule has 3 rings (SSSR count). The lowest BCUT2D eigenvalue weighted by molar-refractivity contribution is 0.0664. The van der Waals surface area contributed by atoms with Crippen molar-refractivity contribution in [2.24, 2.45) is 0 Å². The van der Waals surface area contributed by atoms with Crippen molar-refractivity contribution < 1.29 is 5.11 Å². The molecule has 3 nitrogen and oxygen atoms in total. The van der Waals surface area contributed by atoms with Gasteiger partial charge in [0.25, 0.3) is 0 Å². The number of aliphatic hydroxyl groups is 1. The van der Waals surface area contributed by atoms with Crippen molar-refractivity contribution >= 4 is 0 Å². The van der Waals surface area contributed by atoms with E-state index in [0.29, 0.717) is 12.0 Å². The monoisotopic (exact) mass is 246 g/mol. The van der Waals surface area contributed by atoms with Crippen LogP contribution in [-0.2, 0) is 0 Å². The van der Waals surface area contributed by atoms with Crippen LogP contribution in [0.1, 0.15) is 24.3 Å². The number of aliphatic hydroxyl groups excluding tert-OH is 1. The largest absolute Gasteiger partial charge is 0.390 e. The number of hydrogen-bond donors (Lipinski definition) is 2. The summed E-state index contributed by atoms with van der Waals surface area (Å²) in [6.45, 7) is 3.92. The average molecular weight is 246 g/mol. The maximum Gasteiger partial charge on any atom is 0.0831 e. The van der Waals surface area contributed by atoms with Gasteiger partial charge >= 0.3 is 0 Å². The van der Waals surface area contributed by atoms with E-state index in [9.17, 15) is 5.11 Å². The Hall–Kier alpha value is -0.900. The molecular formula is C15H22N2O. The Labute approximate surface area is 109 Å². The first kappa shape index (κ1) is 12.2. The van der Waals surface area contributed by atoms with E-state index in [4.69, 9.17) is 0 Å². The average Bonchev–Trinajstić information content (AvgIpc) is 2.86. The molecule has 2 saturated heterocycles. The van der Waals surface area contributed by atoms with Gasteiger partial charge in [-0.15, -0.1) is 0 Å². The standard InChI is InChI=1S/C15H22N2O/c18-15-11-16-10-14(15)17-8-6-13(7-9-17)12-4-2-1-3-5-12/h1-5,13-16,18H,6-11H2/t14?,15-/m1/s1. The Balaban J connectivity index is 1.58. The van der Waals surface area contributed by atoms with E-state index >= 15 is 0 Å². The SMILES string of the molecule is O[C@@H]1CNCC1N1CCC(c2ccccc2)CC1. The van der Waals surface area contributed by atoms with E-state index in [2.05, 4.69) is 40.5 Å². The van der Waals surface area contributed by atoms with E-state index in [-0.39, 0.29) is 6.10 Å². The molecule has 0 spiro atoms. The maximum absolute atomic E-state index is 9.92. The molecule has 1 aromatic rings. The first-order chi connectivity index (χ1) is 8.84. The molecule has 18 heavy (non-hydrogen) atoms. The van der Waals surface area contributed by atoms with Crippen molar-refractivity contribution in [2.45, 2.75) is 30.9 Å². The molecule has 0 radical (unpaired) electrons. The highest BCUT2D eigenvalue weighted by Crippen LogP contribution is 2.29. The highest BCUT2D eigenvalue weighted by Gasteiger charge is 2.32. The van der Waals surface area contributed by atoms with E-state index in [1.165, 1.54) is 18.4 Å². The zero-order valence-electron chi connectivity index (χ0n) is 10.8. The molecule has 0 amide bonds. The summed E-state index contributed by atoms with van der Waals surface area (Å²) in [5.41, 5.74) is 1.47. The van der Waals surface area contributed by atoms with Crippen LogP contribution >= 0.6 is 0 Å². The number of nitrogens with one attached hydrogen (secondary N) is 1. The Morgan fingerprint density at radius 1 is 1.06 bits per heavy atom. The zero-order valence-corrected chi connectivity index (χ0v) is 10.8. The molecule has 1 unspecified atom stereocenters. The summed E-state index contributed by atoms with van der Waals surface area (Å²) in [5, 5.41) is 13.2. The fourth-order valence-electron chi connectivity index (χ4n) is 3.31.